The first kappa shape index (κ1) is 12.6. The summed E-state index contributed by atoms with van der Waals surface area (Å²) in [5.74, 6) is -1.25. The lowest BCUT2D eigenvalue weighted by Gasteiger charge is -2.13. The Balaban J connectivity index is 2.29. The zero-order chi connectivity index (χ0) is 13.5. The quantitative estimate of drug-likeness (QED) is 0.754. The van der Waals surface area contributed by atoms with E-state index >= 15 is 0 Å². The number of aryl methyl sites for hydroxylation is 1. The van der Waals surface area contributed by atoms with Gasteiger partial charge in [0.1, 0.15) is 0 Å². The summed E-state index contributed by atoms with van der Waals surface area (Å²) in [4.78, 5) is 22.9. The van der Waals surface area contributed by atoms with Crippen molar-refractivity contribution >= 4 is 17.6 Å². The second-order valence-corrected chi connectivity index (χ2v) is 4.88. The van der Waals surface area contributed by atoms with Gasteiger partial charge in [-0.2, -0.15) is 0 Å². The molecule has 1 aromatic rings. The largest absolute Gasteiger partial charge is 0.478 e. The molecule has 1 fully saturated rings. The summed E-state index contributed by atoms with van der Waals surface area (Å²) in [5, 5.41) is 11.8. The summed E-state index contributed by atoms with van der Waals surface area (Å²) in [6.45, 7) is 3.56. The minimum atomic E-state index is -0.999. The molecule has 1 amide bonds. The van der Waals surface area contributed by atoms with Crippen LogP contribution in [0.2, 0.25) is 0 Å². The smallest absolute Gasteiger partial charge is 0.336 e. The van der Waals surface area contributed by atoms with Crippen LogP contribution in [0.15, 0.2) is 12.1 Å². The van der Waals surface area contributed by atoms with E-state index in [0.29, 0.717) is 24.1 Å². The van der Waals surface area contributed by atoms with Gasteiger partial charge in [0.05, 0.1) is 11.1 Å². The van der Waals surface area contributed by atoms with Gasteiger partial charge in [-0.15, -0.1) is 0 Å². The Bertz CT molecular complexity index is 533. The van der Waals surface area contributed by atoms with Crippen molar-refractivity contribution in [1.82, 2.24) is 0 Å². The number of nitrogens with one attached hydrogen (secondary N) is 1. The van der Waals surface area contributed by atoms with Gasteiger partial charge in [-0.25, -0.2) is 4.79 Å². The summed E-state index contributed by atoms with van der Waals surface area (Å²) in [6, 6.07) is 3.22. The van der Waals surface area contributed by atoms with Gasteiger partial charge in [-0.05, 0) is 49.9 Å². The maximum atomic E-state index is 11.8. The van der Waals surface area contributed by atoms with E-state index in [1.54, 1.807) is 13.0 Å². The highest BCUT2D eigenvalue weighted by molar-refractivity contribution is 6.01. The summed E-state index contributed by atoms with van der Waals surface area (Å²) in [6.07, 6.45) is 1.35. The summed E-state index contributed by atoms with van der Waals surface area (Å²) in [7, 11) is 0. The molecule has 0 aliphatic heterocycles. The topological polar surface area (TPSA) is 92.4 Å². The van der Waals surface area contributed by atoms with Crippen LogP contribution in [-0.4, -0.2) is 22.5 Å². The molecule has 0 saturated heterocycles. The third-order valence-electron chi connectivity index (χ3n) is 3.40. The molecule has 4 N–H and O–H groups in total. The lowest BCUT2D eigenvalue weighted by atomic mass is 10.0. The number of hydrogen-bond donors (Lipinski definition) is 3. The molecule has 0 aromatic heterocycles. The number of nitrogens with two attached hydrogens (primary N) is 1. The number of rotatable bonds is 3. The van der Waals surface area contributed by atoms with E-state index in [1.807, 2.05) is 6.92 Å². The van der Waals surface area contributed by atoms with Crippen LogP contribution in [0.4, 0.5) is 5.69 Å². The van der Waals surface area contributed by atoms with Gasteiger partial charge in [-0.1, -0.05) is 0 Å². The van der Waals surface area contributed by atoms with Crippen molar-refractivity contribution in [3.05, 3.63) is 28.8 Å². The molecule has 0 heterocycles. The molecule has 0 spiro atoms. The number of carbonyl (C=O) groups excluding carboxylic acids is 1. The van der Waals surface area contributed by atoms with Gasteiger partial charge in [0.2, 0.25) is 5.91 Å². The number of amides is 1. The second-order valence-electron chi connectivity index (χ2n) is 4.88. The molecule has 18 heavy (non-hydrogen) atoms. The molecule has 0 atom stereocenters. The van der Waals surface area contributed by atoms with E-state index in [1.165, 1.54) is 6.07 Å². The van der Waals surface area contributed by atoms with Crippen LogP contribution in [0.1, 0.15) is 34.3 Å². The summed E-state index contributed by atoms with van der Waals surface area (Å²) >= 11 is 0. The fourth-order valence-electron chi connectivity index (χ4n) is 1.77. The molecule has 5 nitrogen and oxygen atoms in total. The van der Waals surface area contributed by atoms with Gasteiger partial charge in [0, 0.05) is 5.69 Å². The van der Waals surface area contributed by atoms with E-state index in [9.17, 15) is 9.59 Å². The number of carbonyl (C=O) groups is 2. The highest BCUT2D eigenvalue weighted by Crippen LogP contribution is 2.33. The van der Waals surface area contributed by atoms with E-state index < -0.39 is 11.5 Å². The molecular formula is C13H16N2O3. The van der Waals surface area contributed by atoms with Crippen LogP contribution in [0.3, 0.4) is 0 Å². The Morgan fingerprint density at radius 3 is 2.44 bits per heavy atom. The highest BCUT2D eigenvalue weighted by Gasteiger charge is 2.45. The molecule has 0 unspecified atom stereocenters. The number of anilines is 1. The fourth-order valence-corrected chi connectivity index (χ4v) is 1.77. The standard InChI is InChI=1S/C13H16N2O3/c1-7-5-9(6-10(8(7)2)11(16)17)15-12(18)13(14)3-4-13/h5-6H,3-4,14H2,1-2H3,(H,15,18)(H,16,17). The van der Waals surface area contributed by atoms with Crippen molar-refractivity contribution in [3.8, 4) is 0 Å². The van der Waals surface area contributed by atoms with Crippen LogP contribution in [0.25, 0.3) is 0 Å². The van der Waals surface area contributed by atoms with Crippen molar-refractivity contribution in [2.45, 2.75) is 32.2 Å². The number of carboxylic acid groups (broad SMARTS) is 1. The maximum absolute atomic E-state index is 11.8. The van der Waals surface area contributed by atoms with E-state index in [2.05, 4.69) is 5.32 Å². The van der Waals surface area contributed by atoms with Gasteiger partial charge in [-0.3, -0.25) is 4.79 Å². The first-order valence-corrected chi connectivity index (χ1v) is 5.78. The summed E-state index contributed by atoms with van der Waals surface area (Å²) in [5.41, 5.74) is 7.23. The van der Waals surface area contributed by atoms with E-state index in [4.69, 9.17) is 10.8 Å². The lowest BCUT2D eigenvalue weighted by molar-refractivity contribution is -0.118. The molecule has 96 valence electrons. The normalized spacial score (nSPS) is 16.2. The Kier molecular flexibility index (Phi) is 2.86. The second kappa shape index (κ2) is 4.10. The van der Waals surface area contributed by atoms with Crippen molar-refractivity contribution in [2.75, 3.05) is 5.32 Å². The number of hydrogen-bond acceptors (Lipinski definition) is 3. The molecule has 0 radical (unpaired) electrons. The predicted octanol–water partition coefficient (Wildman–Crippen LogP) is 1.43. The average Bonchev–Trinajstić information content (AvgIpc) is 3.02. The Hall–Kier alpha value is -1.88. The lowest BCUT2D eigenvalue weighted by Crippen LogP contribution is -2.37. The SMILES string of the molecule is Cc1cc(NC(=O)C2(N)CC2)cc(C(=O)O)c1C. The Labute approximate surface area is 105 Å². The Morgan fingerprint density at radius 2 is 1.94 bits per heavy atom. The van der Waals surface area contributed by atoms with Gasteiger partial charge in [0.25, 0.3) is 0 Å². The van der Waals surface area contributed by atoms with Crippen molar-refractivity contribution in [2.24, 2.45) is 5.73 Å². The number of carboxylic acids is 1. The third kappa shape index (κ3) is 2.22. The minimum Gasteiger partial charge on any atom is -0.478 e. The van der Waals surface area contributed by atoms with Gasteiger partial charge >= 0.3 is 5.97 Å². The van der Waals surface area contributed by atoms with Crippen LogP contribution in [0.5, 0.6) is 0 Å². The minimum absolute atomic E-state index is 0.201. The van der Waals surface area contributed by atoms with Crippen molar-refractivity contribution in [3.63, 3.8) is 0 Å². The summed E-state index contributed by atoms with van der Waals surface area (Å²) < 4.78 is 0. The molecule has 1 aromatic carbocycles. The molecule has 5 heteroatoms. The molecular weight excluding hydrogens is 232 g/mol. The van der Waals surface area contributed by atoms with Gasteiger partial charge in [0.15, 0.2) is 0 Å². The first-order valence-electron chi connectivity index (χ1n) is 5.78. The molecule has 2 rings (SSSR count). The maximum Gasteiger partial charge on any atom is 0.336 e. The van der Waals surface area contributed by atoms with Crippen molar-refractivity contribution < 1.29 is 14.7 Å². The number of benzene rings is 1. The Morgan fingerprint density at radius 1 is 1.33 bits per heavy atom. The fraction of sp³-hybridized carbons (Fsp3) is 0.385. The third-order valence-corrected chi connectivity index (χ3v) is 3.40. The van der Waals surface area contributed by atoms with Crippen LogP contribution < -0.4 is 11.1 Å². The zero-order valence-corrected chi connectivity index (χ0v) is 10.4. The van der Waals surface area contributed by atoms with Crippen molar-refractivity contribution in [1.29, 1.82) is 0 Å². The number of aromatic carboxylic acids is 1. The van der Waals surface area contributed by atoms with E-state index in [-0.39, 0.29) is 11.5 Å². The highest BCUT2D eigenvalue weighted by atomic mass is 16.4. The molecule has 1 saturated carbocycles. The van der Waals surface area contributed by atoms with Crippen LogP contribution in [0, 0.1) is 13.8 Å². The van der Waals surface area contributed by atoms with Gasteiger partial charge < -0.3 is 16.2 Å². The van der Waals surface area contributed by atoms with E-state index in [0.717, 1.165) is 5.56 Å². The molecule has 1 aliphatic rings. The van der Waals surface area contributed by atoms with Crippen LogP contribution >= 0.6 is 0 Å². The zero-order valence-electron chi connectivity index (χ0n) is 10.4. The van der Waals surface area contributed by atoms with Crippen LogP contribution in [-0.2, 0) is 4.79 Å². The predicted molar refractivity (Wildman–Crippen MR) is 67.7 cm³/mol. The monoisotopic (exact) mass is 248 g/mol. The molecule has 0 bridgehead atoms. The molecule has 1 aliphatic carbocycles. The average molecular weight is 248 g/mol. The first-order chi connectivity index (χ1) is 8.33.